The van der Waals surface area contributed by atoms with Crippen molar-refractivity contribution in [2.45, 2.75) is 51.4 Å². The molecule has 0 amide bonds. The van der Waals surface area contributed by atoms with E-state index in [0.717, 1.165) is 37.8 Å². The zero-order valence-corrected chi connectivity index (χ0v) is 16.6. The summed E-state index contributed by atoms with van der Waals surface area (Å²) in [5, 5.41) is 50.6. The Hall–Kier alpha value is -1.74. The fraction of sp³-hybridized carbons (Fsp3) is 0.700. The van der Waals surface area contributed by atoms with E-state index in [0.29, 0.717) is 0 Å². The van der Waals surface area contributed by atoms with Gasteiger partial charge in [0.05, 0.1) is 26.4 Å². The van der Waals surface area contributed by atoms with Gasteiger partial charge >= 0.3 is 11.9 Å². The molecule has 0 saturated heterocycles. The van der Waals surface area contributed by atoms with E-state index >= 15 is 0 Å². The Morgan fingerprint density at radius 3 is 0.893 bits per heavy atom. The van der Waals surface area contributed by atoms with E-state index in [9.17, 15) is 9.59 Å². The highest BCUT2D eigenvalue weighted by Gasteiger charge is 2.32. The first kappa shape index (κ1) is 28.5. The quantitative estimate of drug-likeness (QED) is 0.364. The molecule has 164 valence electrons. The van der Waals surface area contributed by atoms with E-state index in [1.807, 2.05) is 0 Å². The first-order valence-corrected chi connectivity index (χ1v) is 9.34. The van der Waals surface area contributed by atoms with Crippen molar-refractivity contribution in [1.29, 1.82) is 0 Å². The number of rotatable bonds is 6. The molecule has 0 aliphatic heterocycles. The Bertz CT molecular complexity index is 395. The van der Waals surface area contributed by atoms with Crippen molar-refractivity contribution >= 4 is 11.9 Å². The van der Waals surface area contributed by atoms with Gasteiger partial charge in [-0.1, -0.05) is 38.8 Å². The van der Waals surface area contributed by atoms with Crippen molar-refractivity contribution in [2.75, 3.05) is 26.4 Å². The Kier molecular flexibility index (Phi) is 16.5. The number of carbonyl (C=O) groups is 2. The average Bonchev–Trinajstić information content (AvgIpc) is 3.39. The number of aliphatic hydroxyl groups is 4. The van der Waals surface area contributed by atoms with Crippen LogP contribution in [0, 0.1) is 10.8 Å². The van der Waals surface area contributed by atoms with E-state index < -0.39 is 11.9 Å². The molecule has 0 unspecified atom stereocenters. The number of carboxylic acids is 2. The third-order valence-corrected chi connectivity index (χ3v) is 5.02. The second kappa shape index (κ2) is 16.2. The standard InChI is InChI=1S/2C7H14O2.2C3H4O2/c2*8-5-7(6-9)3-1-2-4-7;2*1-2-3(4)5/h2*8-9H,1-6H2;2*2H,1H2,(H,4,5). The summed E-state index contributed by atoms with van der Waals surface area (Å²) in [6.45, 7) is 6.55. The van der Waals surface area contributed by atoms with Crippen molar-refractivity contribution < 1.29 is 40.2 Å². The monoisotopic (exact) mass is 404 g/mol. The minimum Gasteiger partial charge on any atom is -0.478 e. The fourth-order valence-electron chi connectivity index (χ4n) is 2.98. The molecule has 0 atom stereocenters. The van der Waals surface area contributed by atoms with E-state index in [1.165, 1.54) is 25.7 Å². The molecule has 8 nitrogen and oxygen atoms in total. The van der Waals surface area contributed by atoms with Gasteiger partial charge in [0.15, 0.2) is 0 Å². The molecule has 2 aliphatic carbocycles. The fourth-order valence-corrected chi connectivity index (χ4v) is 2.98. The van der Waals surface area contributed by atoms with E-state index in [2.05, 4.69) is 13.2 Å². The predicted octanol–water partition coefficient (Wildman–Crippen LogP) is 1.58. The maximum atomic E-state index is 9.25. The molecule has 0 radical (unpaired) electrons. The van der Waals surface area contributed by atoms with Crippen molar-refractivity contribution in [3.63, 3.8) is 0 Å². The van der Waals surface area contributed by atoms with Crippen LogP contribution in [-0.4, -0.2) is 69.0 Å². The van der Waals surface area contributed by atoms with Crippen LogP contribution in [0.3, 0.4) is 0 Å². The maximum Gasteiger partial charge on any atom is 0.327 e. The van der Waals surface area contributed by atoms with Crippen LogP contribution < -0.4 is 0 Å². The highest BCUT2D eigenvalue weighted by molar-refractivity contribution is 5.79. The van der Waals surface area contributed by atoms with Gasteiger partial charge in [0.2, 0.25) is 0 Å². The second-order valence-electron chi connectivity index (χ2n) is 7.13. The van der Waals surface area contributed by atoms with Crippen molar-refractivity contribution in [3.8, 4) is 0 Å². The molecule has 8 heteroatoms. The Balaban J connectivity index is 0. The van der Waals surface area contributed by atoms with Crippen LogP contribution >= 0.6 is 0 Å². The predicted molar refractivity (Wildman–Crippen MR) is 106 cm³/mol. The molecule has 0 heterocycles. The molecule has 0 aromatic heterocycles. The van der Waals surface area contributed by atoms with Crippen LogP contribution in [0.5, 0.6) is 0 Å². The third kappa shape index (κ3) is 12.6. The lowest BCUT2D eigenvalue weighted by Crippen LogP contribution is -2.25. The van der Waals surface area contributed by atoms with Crippen molar-refractivity contribution in [1.82, 2.24) is 0 Å². The number of aliphatic hydroxyl groups excluding tert-OH is 4. The van der Waals surface area contributed by atoms with Gasteiger partial charge in [-0.05, 0) is 25.7 Å². The number of hydrogen-bond donors (Lipinski definition) is 6. The van der Waals surface area contributed by atoms with Gasteiger partial charge in [0.1, 0.15) is 0 Å². The van der Waals surface area contributed by atoms with E-state index in [1.54, 1.807) is 0 Å². The third-order valence-electron chi connectivity index (χ3n) is 5.02. The number of aliphatic carboxylic acids is 2. The van der Waals surface area contributed by atoms with Gasteiger partial charge in [-0.3, -0.25) is 0 Å². The summed E-state index contributed by atoms with van der Waals surface area (Å²) in [5.74, 6) is -1.96. The maximum absolute atomic E-state index is 9.25. The lowest BCUT2D eigenvalue weighted by Gasteiger charge is -2.22. The largest absolute Gasteiger partial charge is 0.478 e. The normalized spacial score (nSPS) is 18.1. The van der Waals surface area contributed by atoms with Crippen molar-refractivity contribution in [2.24, 2.45) is 10.8 Å². The molecule has 0 bridgehead atoms. The molecule has 0 aromatic carbocycles. The van der Waals surface area contributed by atoms with Gasteiger partial charge in [0.25, 0.3) is 0 Å². The molecule has 0 aromatic rings. The summed E-state index contributed by atoms with van der Waals surface area (Å²) in [6, 6.07) is 0. The molecular weight excluding hydrogens is 368 g/mol. The lowest BCUT2D eigenvalue weighted by molar-refractivity contribution is -0.132. The van der Waals surface area contributed by atoms with Gasteiger partial charge in [0, 0.05) is 23.0 Å². The Labute approximate surface area is 166 Å². The zero-order chi connectivity index (χ0) is 22.1. The highest BCUT2D eigenvalue weighted by Crippen LogP contribution is 2.37. The van der Waals surface area contributed by atoms with E-state index in [-0.39, 0.29) is 37.3 Å². The second-order valence-corrected chi connectivity index (χ2v) is 7.13. The first-order valence-electron chi connectivity index (χ1n) is 9.34. The molecule has 28 heavy (non-hydrogen) atoms. The molecular formula is C20H36O8. The molecule has 2 aliphatic rings. The van der Waals surface area contributed by atoms with E-state index in [4.69, 9.17) is 30.6 Å². The smallest absolute Gasteiger partial charge is 0.327 e. The van der Waals surface area contributed by atoms with Gasteiger partial charge in [-0.25, -0.2) is 9.59 Å². The van der Waals surface area contributed by atoms with Crippen LogP contribution in [0.2, 0.25) is 0 Å². The summed E-state index contributed by atoms with van der Waals surface area (Å²) < 4.78 is 0. The summed E-state index contributed by atoms with van der Waals surface area (Å²) >= 11 is 0. The van der Waals surface area contributed by atoms with Crippen LogP contribution in [0.4, 0.5) is 0 Å². The van der Waals surface area contributed by atoms with Gasteiger partial charge < -0.3 is 30.6 Å². The zero-order valence-electron chi connectivity index (χ0n) is 16.6. The summed E-state index contributed by atoms with van der Waals surface area (Å²) in [4.78, 5) is 18.5. The number of hydrogen-bond acceptors (Lipinski definition) is 6. The highest BCUT2D eigenvalue weighted by atomic mass is 16.4. The average molecular weight is 405 g/mol. The summed E-state index contributed by atoms with van der Waals surface area (Å²) in [7, 11) is 0. The topological polar surface area (TPSA) is 156 Å². The van der Waals surface area contributed by atoms with Crippen LogP contribution in [-0.2, 0) is 9.59 Å². The number of carboxylic acid groups (broad SMARTS) is 2. The molecule has 2 fully saturated rings. The van der Waals surface area contributed by atoms with Gasteiger partial charge in [-0.15, -0.1) is 0 Å². The van der Waals surface area contributed by atoms with Gasteiger partial charge in [-0.2, -0.15) is 0 Å². The Morgan fingerprint density at radius 2 is 0.821 bits per heavy atom. The Morgan fingerprint density at radius 1 is 0.643 bits per heavy atom. The van der Waals surface area contributed by atoms with Crippen LogP contribution in [0.1, 0.15) is 51.4 Å². The first-order chi connectivity index (χ1) is 13.2. The minimum absolute atomic E-state index is 0.111. The van der Waals surface area contributed by atoms with Crippen molar-refractivity contribution in [3.05, 3.63) is 25.3 Å². The molecule has 0 spiro atoms. The van der Waals surface area contributed by atoms with Crippen LogP contribution in [0.15, 0.2) is 25.3 Å². The SMILES string of the molecule is C=CC(=O)O.C=CC(=O)O.OCC1(CO)CCCC1.OCC1(CO)CCCC1. The molecule has 6 N–H and O–H groups in total. The molecule has 2 rings (SSSR count). The summed E-state index contributed by atoms with van der Waals surface area (Å²) in [5.41, 5.74) is -0.222. The van der Waals surface area contributed by atoms with Crippen LogP contribution in [0.25, 0.3) is 0 Å². The lowest BCUT2D eigenvalue weighted by atomic mass is 9.89. The molecule has 2 saturated carbocycles. The minimum atomic E-state index is -0.981. The summed E-state index contributed by atoms with van der Waals surface area (Å²) in [6.07, 6.45) is 10.3.